The maximum atomic E-state index is 13.4. The molecule has 30 heavy (non-hydrogen) atoms. The number of carbonyl (C=O) groups excluding carboxylic acids is 1. The molecule has 0 saturated heterocycles. The first kappa shape index (κ1) is 22.2. The molecule has 0 N–H and O–H groups in total. The number of hydrogen-bond acceptors (Lipinski definition) is 6. The summed E-state index contributed by atoms with van der Waals surface area (Å²) in [5.41, 5.74) is 3.83. The molecule has 1 amide bonds. The van der Waals surface area contributed by atoms with Crippen molar-refractivity contribution in [3.8, 4) is 5.75 Å². The van der Waals surface area contributed by atoms with Crippen LogP contribution in [0.2, 0.25) is 0 Å². The topological polar surface area (TPSA) is 63.5 Å². The van der Waals surface area contributed by atoms with Crippen molar-refractivity contribution in [3.63, 3.8) is 0 Å². The molecule has 3 rings (SSSR count). The van der Waals surface area contributed by atoms with E-state index in [1.54, 1.807) is 28.0 Å². The number of ether oxygens (including phenoxy) is 1. The van der Waals surface area contributed by atoms with E-state index in [-0.39, 0.29) is 12.5 Å². The number of likely N-dealkylation sites (N-methyl/N-ethyl adjacent to an activating group) is 1. The minimum atomic E-state index is -0.0102. The van der Waals surface area contributed by atoms with Crippen molar-refractivity contribution in [1.29, 1.82) is 0 Å². The van der Waals surface area contributed by atoms with E-state index < -0.39 is 0 Å². The Morgan fingerprint density at radius 1 is 1.17 bits per heavy atom. The lowest BCUT2D eigenvalue weighted by Crippen LogP contribution is -2.40. The molecule has 0 atom stereocenters. The number of hydrogen-bond donors (Lipinski definition) is 0. The molecule has 0 spiro atoms. The SMILES string of the molecule is CCN(CC)CCN(C(=O)Cn1nc(C)cc1C)c1nc2c(OC)ccc(C)c2s1. The zero-order valence-corrected chi connectivity index (χ0v) is 19.5. The van der Waals surface area contributed by atoms with Gasteiger partial charge >= 0.3 is 0 Å². The van der Waals surface area contributed by atoms with E-state index in [1.807, 2.05) is 32.0 Å². The number of aryl methyl sites for hydroxylation is 3. The molecule has 8 heteroatoms. The third kappa shape index (κ3) is 4.65. The van der Waals surface area contributed by atoms with Crippen LogP contribution in [0.25, 0.3) is 10.2 Å². The molecular weight excluding hydrogens is 398 g/mol. The van der Waals surface area contributed by atoms with Gasteiger partial charge in [0, 0.05) is 18.8 Å². The van der Waals surface area contributed by atoms with Crippen LogP contribution in [0.1, 0.15) is 30.8 Å². The van der Waals surface area contributed by atoms with E-state index in [9.17, 15) is 4.79 Å². The molecule has 2 heterocycles. The van der Waals surface area contributed by atoms with Crippen LogP contribution in [0, 0.1) is 20.8 Å². The van der Waals surface area contributed by atoms with Gasteiger partial charge in [0.05, 0.1) is 17.5 Å². The van der Waals surface area contributed by atoms with Gasteiger partial charge < -0.3 is 9.64 Å². The summed E-state index contributed by atoms with van der Waals surface area (Å²) in [6.45, 7) is 13.7. The Kier molecular flexibility index (Phi) is 7.10. The number of aromatic nitrogens is 3. The zero-order valence-electron chi connectivity index (χ0n) is 18.7. The Morgan fingerprint density at radius 2 is 1.90 bits per heavy atom. The number of thiazole rings is 1. The van der Waals surface area contributed by atoms with Crippen LogP contribution < -0.4 is 9.64 Å². The van der Waals surface area contributed by atoms with Crippen LogP contribution in [-0.2, 0) is 11.3 Å². The van der Waals surface area contributed by atoms with Gasteiger partial charge in [-0.05, 0) is 51.6 Å². The van der Waals surface area contributed by atoms with E-state index in [1.165, 1.54) is 0 Å². The number of methoxy groups -OCH3 is 1. The highest BCUT2D eigenvalue weighted by atomic mass is 32.1. The first-order chi connectivity index (χ1) is 14.4. The van der Waals surface area contributed by atoms with Gasteiger partial charge in [-0.25, -0.2) is 4.98 Å². The summed E-state index contributed by atoms with van der Waals surface area (Å²) < 4.78 is 8.32. The van der Waals surface area contributed by atoms with Crippen molar-refractivity contribution in [2.75, 3.05) is 38.2 Å². The van der Waals surface area contributed by atoms with Gasteiger partial charge in [-0.3, -0.25) is 14.4 Å². The molecule has 0 aliphatic rings. The fraction of sp³-hybridized carbons (Fsp3) is 0.500. The first-order valence-electron chi connectivity index (χ1n) is 10.4. The van der Waals surface area contributed by atoms with Gasteiger partial charge in [0.25, 0.3) is 5.91 Å². The molecule has 0 aliphatic carbocycles. The van der Waals surface area contributed by atoms with Crippen molar-refractivity contribution in [2.24, 2.45) is 0 Å². The van der Waals surface area contributed by atoms with Crippen LogP contribution >= 0.6 is 11.3 Å². The largest absolute Gasteiger partial charge is 0.494 e. The fourth-order valence-electron chi connectivity index (χ4n) is 3.54. The first-order valence-corrected chi connectivity index (χ1v) is 11.2. The van der Waals surface area contributed by atoms with Gasteiger partial charge in [0.15, 0.2) is 5.13 Å². The molecule has 0 saturated carbocycles. The molecular formula is C22H31N5O2S. The number of fused-ring (bicyclic) bond motifs is 1. The molecule has 3 aromatic rings. The predicted molar refractivity (Wildman–Crippen MR) is 123 cm³/mol. The Morgan fingerprint density at radius 3 is 2.50 bits per heavy atom. The van der Waals surface area contributed by atoms with Crippen LogP contribution in [-0.4, -0.2) is 58.9 Å². The Labute approximate surface area is 182 Å². The predicted octanol–water partition coefficient (Wildman–Crippen LogP) is 3.80. The van der Waals surface area contributed by atoms with Gasteiger partial charge in [0.2, 0.25) is 0 Å². The smallest absolute Gasteiger partial charge is 0.250 e. The number of nitrogens with zero attached hydrogens (tertiary/aromatic N) is 5. The molecule has 0 aliphatic heterocycles. The zero-order chi connectivity index (χ0) is 21.8. The van der Waals surface area contributed by atoms with E-state index in [0.29, 0.717) is 11.7 Å². The summed E-state index contributed by atoms with van der Waals surface area (Å²) in [6, 6.07) is 5.94. The van der Waals surface area contributed by atoms with E-state index in [4.69, 9.17) is 9.72 Å². The maximum Gasteiger partial charge on any atom is 0.250 e. The summed E-state index contributed by atoms with van der Waals surface area (Å²) in [5.74, 6) is 0.719. The third-order valence-corrected chi connectivity index (χ3v) is 6.58. The third-order valence-electron chi connectivity index (χ3n) is 5.37. The van der Waals surface area contributed by atoms with Crippen LogP contribution in [0.4, 0.5) is 5.13 Å². The van der Waals surface area contributed by atoms with E-state index in [2.05, 4.69) is 30.8 Å². The average Bonchev–Trinajstić information content (AvgIpc) is 3.29. The van der Waals surface area contributed by atoms with Gasteiger partial charge in [-0.1, -0.05) is 31.3 Å². The number of anilines is 1. The lowest BCUT2D eigenvalue weighted by atomic mass is 10.2. The molecule has 0 bridgehead atoms. The van der Waals surface area contributed by atoms with E-state index >= 15 is 0 Å². The summed E-state index contributed by atoms with van der Waals surface area (Å²) in [4.78, 5) is 22.3. The average molecular weight is 430 g/mol. The monoisotopic (exact) mass is 429 g/mol. The standard InChI is InChI=1S/C22H31N5O2S/c1-7-25(8-2)11-12-26(19(28)14-27-17(5)13-16(4)24-27)22-23-20-18(29-6)10-9-15(3)21(20)30-22/h9-10,13H,7-8,11-12,14H2,1-6H3. The summed E-state index contributed by atoms with van der Waals surface area (Å²) >= 11 is 1.54. The Balaban J connectivity index is 1.96. The van der Waals surface area contributed by atoms with Crippen molar-refractivity contribution < 1.29 is 9.53 Å². The van der Waals surface area contributed by atoms with Crippen molar-refractivity contribution in [1.82, 2.24) is 19.7 Å². The second-order valence-electron chi connectivity index (χ2n) is 7.42. The molecule has 7 nitrogen and oxygen atoms in total. The second-order valence-corrected chi connectivity index (χ2v) is 8.39. The quantitative estimate of drug-likeness (QED) is 0.518. The summed E-state index contributed by atoms with van der Waals surface area (Å²) in [7, 11) is 1.65. The highest BCUT2D eigenvalue weighted by Crippen LogP contribution is 2.36. The lowest BCUT2D eigenvalue weighted by Gasteiger charge is -2.24. The van der Waals surface area contributed by atoms with Crippen molar-refractivity contribution >= 4 is 32.6 Å². The fourth-order valence-corrected chi connectivity index (χ4v) is 4.63. The number of carbonyl (C=O) groups is 1. The van der Waals surface area contributed by atoms with E-state index in [0.717, 1.165) is 52.6 Å². The van der Waals surface area contributed by atoms with Gasteiger partial charge in [-0.15, -0.1) is 0 Å². The normalized spacial score (nSPS) is 11.4. The van der Waals surface area contributed by atoms with Crippen LogP contribution in [0.5, 0.6) is 5.75 Å². The maximum absolute atomic E-state index is 13.4. The lowest BCUT2D eigenvalue weighted by molar-refractivity contribution is -0.119. The number of amides is 1. The second kappa shape index (κ2) is 9.57. The molecule has 0 fully saturated rings. The minimum absolute atomic E-state index is 0.0102. The molecule has 162 valence electrons. The number of benzene rings is 1. The summed E-state index contributed by atoms with van der Waals surface area (Å²) in [6.07, 6.45) is 0. The Hall–Kier alpha value is -2.45. The number of rotatable bonds is 9. The minimum Gasteiger partial charge on any atom is -0.494 e. The van der Waals surface area contributed by atoms with Gasteiger partial charge in [-0.2, -0.15) is 5.10 Å². The van der Waals surface area contributed by atoms with Crippen molar-refractivity contribution in [2.45, 2.75) is 41.2 Å². The molecule has 1 aromatic carbocycles. The molecule has 0 radical (unpaired) electrons. The highest BCUT2D eigenvalue weighted by molar-refractivity contribution is 7.22. The highest BCUT2D eigenvalue weighted by Gasteiger charge is 2.23. The van der Waals surface area contributed by atoms with Crippen LogP contribution in [0.15, 0.2) is 18.2 Å². The van der Waals surface area contributed by atoms with Gasteiger partial charge in [0.1, 0.15) is 17.8 Å². The summed E-state index contributed by atoms with van der Waals surface area (Å²) in [5, 5.41) is 5.16. The molecule has 2 aromatic heterocycles. The molecule has 0 unspecified atom stereocenters. The van der Waals surface area contributed by atoms with Crippen LogP contribution in [0.3, 0.4) is 0 Å². The Bertz CT molecular complexity index is 1020. The van der Waals surface area contributed by atoms with Crippen molar-refractivity contribution in [3.05, 3.63) is 35.2 Å².